The third-order valence-corrected chi connectivity index (χ3v) is 3.41. The van der Waals surface area contributed by atoms with Gasteiger partial charge >= 0.3 is 5.97 Å². The van der Waals surface area contributed by atoms with Crippen LogP contribution in [0.5, 0.6) is 0 Å². The SMILES string of the molecule is CC(C)OC(=O)C(C)N1CC(C)(C)Nc2ccccc21. The molecule has 0 aliphatic carbocycles. The second kappa shape index (κ2) is 5.35. The molecular formula is C16H24N2O2. The smallest absolute Gasteiger partial charge is 0.328 e. The normalized spacial score (nSPS) is 18.2. The number of carbonyl (C=O) groups excluding carboxylic acids is 1. The van der Waals surface area contributed by atoms with E-state index in [9.17, 15) is 4.79 Å². The zero-order valence-electron chi connectivity index (χ0n) is 12.9. The molecule has 0 saturated heterocycles. The van der Waals surface area contributed by atoms with E-state index in [1.807, 2.05) is 45.0 Å². The highest BCUT2D eigenvalue weighted by Gasteiger charge is 2.34. The number of nitrogens with one attached hydrogen (secondary N) is 1. The number of hydrogen-bond acceptors (Lipinski definition) is 4. The summed E-state index contributed by atoms with van der Waals surface area (Å²) in [7, 11) is 0. The van der Waals surface area contributed by atoms with Crippen LogP contribution in [0.2, 0.25) is 0 Å². The molecule has 4 nitrogen and oxygen atoms in total. The van der Waals surface area contributed by atoms with Crippen molar-refractivity contribution in [2.75, 3.05) is 16.8 Å². The van der Waals surface area contributed by atoms with Crippen LogP contribution in [0.3, 0.4) is 0 Å². The van der Waals surface area contributed by atoms with Gasteiger partial charge in [-0.15, -0.1) is 0 Å². The van der Waals surface area contributed by atoms with E-state index in [-0.39, 0.29) is 23.7 Å². The lowest BCUT2D eigenvalue weighted by molar-refractivity contribution is -0.148. The largest absolute Gasteiger partial charge is 0.461 e. The summed E-state index contributed by atoms with van der Waals surface area (Å²) in [6.07, 6.45) is -0.0869. The first-order valence-corrected chi connectivity index (χ1v) is 7.14. The van der Waals surface area contributed by atoms with Crippen LogP contribution in [-0.2, 0) is 9.53 Å². The van der Waals surface area contributed by atoms with Gasteiger partial charge in [0.05, 0.1) is 17.5 Å². The fourth-order valence-corrected chi connectivity index (χ4v) is 2.55. The lowest BCUT2D eigenvalue weighted by atomic mass is 9.98. The molecule has 1 aromatic carbocycles. The van der Waals surface area contributed by atoms with E-state index in [1.165, 1.54) is 0 Å². The third kappa shape index (κ3) is 3.06. The van der Waals surface area contributed by atoms with E-state index in [0.717, 1.165) is 17.9 Å². The number of para-hydroxylation sites is 2. The first kappa shape index (κ1) is 14.7. The molecule has 1 N–H and O–H groups in total. The molecule has 4 heteroatoms. The van der Waals surface area contributed by atoms with Gasteiger partial charge < -0.3 is 15.0 Å². The van der Waals surface area contributed by atoms with Crippen molar-refractivity contribution in [3.05, 3.63) is 24.3 Å². The average molecular weight is 276 g/mol. The molecule has 1 aromatic rings. The van der Waals surface area contributed by atoms with Crippen LogP contribution >= 0.6 is 0 Å². The van der Waals surface area contributed by atoms with Crippen molar-refractivity contribution in [3.63, 3.8) is 0 Å². The van der Waals surface area contributed by atoms with Crippen LogP contribution < -0.4 is 10.2 Å². The third-order valence-electron chi connectivity index (χ3n) is 3.41. The van der Waals surface area contributed by atoms with Gasteiger partial charge in [0.1, 0.15) is 6.04 Å². The first-order valence-electron chi connectivity index (χ1n) is 7.14. The quantitative estimate of drug-likeness (QED) is 0.862. The average Bonchev–Trinajstić information content (AvgIpc) is 2.35. The van der Waals surface area contributed by atoms with Crippen LogP contribution in [0.1, 0.15) is 34.6 Å². The van der Waals surface area contributed by atoms with Crippen molar-refractivity contribution >= 4 is 17.3 Å². The molecular weight excluding hydrogens is 252 g/mol. The van der Waals surface area contributed by atoms with Gasteiger partial charge in [-0.3, -0.25) is 0 Å². The number of nitrogens with zero attached hydrogens (tertiary/aromatic N) is 1. The Morgan fingerprint density at radius 3 is 2.60 bits per heavy atom. The van der Waals surface area contributed by atoms with Crippen LogP contribution in [-0.4, -0.2) is 30.2 Å². The number of carbonyl (C=O) groups is 1. The van der Waals surface area contributed by atoms with Gasteiger partial charge in [0, 0.05) is 12.1 Å². The molecule has 1 aliphatic heterocycles. The minimum atomic E-state index is -0.292. The molecule has 0 aromatic heterocycles. The number of esters is 1. The Balaban J connectivity index is 2.29. The van der Waals surface area contributed by atoms with Crippen LogP contribution in [0.4, 0.5) is 11.4 Å². The van der Waals surface area contributed by atoms with Crippen molar-refractivity contribution in [2.24, 2.45) is 0 Å². The van der Waals surface area contributed by atoms with Crippen LogP contribution in [0.25, 0.3) is 0 Å². The number of benzene rings is 1. The van der Waals surface area contributed by atoms with Crippen molar-refractivity contribution < 1.29 is 9.53 Å². The topological polar surface area (TPSA) is 41.6 Å². The van der Waals surface area contributed by atoms with E-state index in [2.05, 4.69) is 24.1 Å². The van der Waals surface area contributed by atoms with Gasteiger partial charge in [-0.2, -0.15) is 0 Å². The summed E-state index contributed by atoms with van der Waals surface area (Å²) < 4.78 is 5.35. The number of anilines is 2. The highest BCUT2D eigenvalue weighted by molar-refractivity contribution is 5.84. The van der Waals surface area contributed by atoms with Crippen LogP contribution in [0, 0.1) is 0 Å². The summed E-state index contributed by atoms with van der Waals surface area (Å²) in [6.45, 7) is 10.7. The molecule has 2 rings (SSSR count). The summed E-state index contributed by atoms with van der Waals surface area (Å²) in [5, 5.41) is 3.51. The molecule has 20 heavy (non-hydrogen) atoms. The Kier molecular flexibility index (Phi) is 3.93. The Hall–Kier alpha value is -1.71. The lowest BCUT2D eigenvalue weighted by Gasteiger charge is -2.44. The van der Waals surface area contributed by atoms with Gasteiger partial charge in [0.25, 0.3) is 0 Å². The monoisotopic (exact) mass is 276 g/mol. The summed E-state index contributed by atoms with van der Waals surface area (Å²) in [6, 6.07) is 7.79. The van der Waals surface area contributed by atoms with E-state index < -0.39 is 0 Å². The minimum absolute atomic E-state index is 0.0826. The molecule has 0 fully saturated rings. The highest BCUT2D eigenvalue weighted by atomic mass is 16.5. The zero-order chi connectivity index (χ0) is 14.9. The van der Waals surface area contributed by atoms with Crippen molar-refractivity contribution in [1.29, 1.82) is 0 Å². The van der Waals surface area contributed by atoms with E-state index in [1.54, 1.807) is 0 Å². The second-order valence-electron chi connectivity index (χ2n) is 6.32. The fraction of sp³-hybridized carbons (Fsp3) is 0.562. The molecule has 0 amide bonds. The number of rotatable bonds is 3. The molecule has 0 radical (unpaired) electrons. The number of ether oxygens (including phenoxy) is 1. The maximum Gasteiger partial charge on any atom is 0.328 e. The molecule has 0 bridgehead atoms. The van der Waals surface area contributed by atoms with Crippen molar-refractivity contribution in [1.82, 2.24) is 0 Å². The Labute approximate surface area is 121 Å². The Morgan fingerprint density at radius 1 is 1.30 bits per heavy atom. The van der Waals surface area contributed by atoms with Gasteiger partial charge in [0.2, 0.25) is 0 Å². The van der Waals surface area contributed by atoms with E-state index in [4.69, 9.17) is 4.74 Å². The van der Waals surface area contributed by atoms with Gasteiger partial charge in [0.15, 0.2) is 0 Å². The van der Waals surface area contributed by atoms with Crippen molar-refractivity contribution in [2.45, 2.75) is 52.3 Å². The van der Waals surface area contributed by atoms with E-state index >= 15 is 0 Å². The minimum Gasteiger partial charge on any atom is -0.461 e. The maximum atomic E-state index is 12.2. The fourth-order valence-electron chi connectivity index (χ4n) is 2.55. The Morgan fingerprint density at radius 2 is 1.95 bits per heavy atom. The standard InChI is InChI=1S/C16H24N2O2/c1-11(2)20-15(19)12(3)18-10-16(4,5)17-13-8-6-7-9-14(13)18/h6-9,11-12,17H,10H2,1-5H3. The Bertz CT molecular complexity index is 497. The molecule has 1 atom stereocenters. The molecule has 1 unspecified atom stereocenters. The number of hydrogen-bond donors (Lipinski definition) is 1. The van der Waals surface area contributed by atoms with Crippen molar-refractivity contribution in [3.8, 4) is 0 Å². The lowest BCUT2D eigenvalue weighted by Crippen LogP contribution is -2.53. The predicted molar refractivity (Wildman–Crippen MR) is 82.2 cm³/mol. The molecule has 1 aliphatic rings. The molecule has 110 valence electrons. The molecule has 0 spiro atoms. The summed E-state index contributed by atoms with van der Waals surface area (Å²) >= 11 is 0. The van der Waals surface area contributed by atoms with Crippen LogP contribution in [0.15, 0.2) is 24.3 Å². The van der Waals surface area contributed by atoms with Gasteiger partial charge in [-0.25, -0.2) is 4.79 Å². The maximum absolute atomic E-state index is 12.2. The first-order chi connectivity index (χ1) is 9.30. The zero-order valence-corrected chi connectivity index (χ0v) is 12.9. The highest BCUT2D eigenvalue weighted by Crippen LogP contribution is 2.35. The van der Waals surface area contributed by atoms with Gasteiger partial charge in [-0.1, -0.05) is 12.1 Å². The summed E-state index contributed by atoms with van der Waals surface area (Å²) in [4.78, 5) is 14.3. The molecule has 1 heterocycles. The second-order valence-corrected chi connectivity index (χ2v) is 6.32. The molecule has 0 saturated carbocycles. The number of fused-ring (bicyclic) bond motifs is 1. The van der Waals surface area contributed by atoms with Gasteiger partial charge in [-0.05, 0) is 46.8 Å². The predicted octanol–water partition coefficient (Wildman–Crippen LogP) is 3.04. The summed E-state index contributed by atoms with van der Waals surface area (Å²) in [5.74, 6) is -0.174. The summed E-state index contributed by atoms with van der Waals surface area (Å²) in [5.41, 5.74) is 2.04. The van der Waals surface area contributed by atoms with E-state index in [0.29, 0.717) is 0 Å².